The largest absolute Gasteiger partial charge is 0.475 e. The summed E-state index contributed by atoms with van der Waals surface area (Å²) in [6.07, 6.45) is 6.41. The van der Waals surface area contributed by atoms with Gasteiger partial charge in [0.05, 0.1) is 5.00 Å². The molecule has 0 atom stereocenters. The highest BCUT2D eigenvalue weighted by molar-refractivity contribution is 7.16. The molecule has 1 fully saturated rings. The lowest BCUT2D eigenvalue weighted by Gasteiger charge is -2.27. The first-order valence-electron chi connectivity index (χ1n) is 5.97. The van der Waals surface area contributed by atoms with Gasteiger partial charge >= 0.3 is 5.97 Å². The number of rotatable bonds is 4. The van der Waals surface area contributed by atoms with Gasteiger partial charge in [-0.3, -0.25) is 4.79 Å². The number of aliphatic carboxylic acids is 1. The molecule has 1 aliphatic rings. The minimum atomic E-state index is -1.42. The van der Waals surface area contributed by atoms with Crippen LogP contribution >= 0.6 is 11.3 Å². The van der Waals surface area contributed by atoms with Crippen LogP contribution in [0, 0.1) is 0 Å². The van der Waals surface area contributed by atoms with Crippen LogP contribution in [0.1, 0.15) is 24.1 Å². The molecule has 1 saturated heterocycles. The first-order chi connectivity index (χ1) is 8.66. The Balaban J connectivity index is 2.01. The number of hydrogen-bond donors (Lipinski definition) is 1. The van der Waals surface area contributed by atoms with E-state index in [2.05, 4.69) is 4.90 Å². The Morgan fingerprint density at radius 1 is 1.22 bits per heavy atom. The second-order valence-electron chi connectivity index (χ2n) is 4.23. The van der Waals surface area contributed by atoms with E-state index in [4.69, 9.17) is 5.11 Å². The van der Waals surface area contributed by atoms with Crippen LogP contribution in [0.4, 0.5) is 5.00 Å². The van der Waals surface area contributed by atoms with Crippen molar-refractivity contribution in [3.05, 3.63) is 23.1 Å². The first-order valence-corrected chi connectivity index (χ1v) is 6.78. The molecule has 0 amide bonds. The molecule has 2 heterocycles. The Morgan fingerprint density at radius 3 is 2.61 bits per heavy atom. The average Bonchev–Trinajstić information content (AvgIpc) is 2.85. The van der Waals surface area contributed by atoms with Crippen molar-refractivity contribution in [1.29, 1.82) is 0 Å². The van der Waals surface area contributed by atoms with E-state index < -0.39 is 11.8 Å². The Morgan fingerprint density at radius 2 is 1.94 bits per heavy atom. The molecule has 0 aliphatic carbocycles. The summed E-state index contributed by atoms with van der Waals surface area (Å²) in [6.45, 7) is 2.16. The molecule has 2 rings (SSSR count). The highest BCUT2D eigenvalue weighted by atomic mass is 32.1. The number of carboxylic acid groups (broad SMARTS) is 1. The molecule has 96 valence electrons. The molecule has 1 N–H and O–H groups in total. The number of nitrogens with zero attached hydrogens (tertiary/aromatic N) is 1. The van der Waals surface area contributed by atoms with Crippen molar-refractivity contribution in [3.63, 3.8) is 0 Å². The van der Waals surface area contributed by atoms with Crippen molar-refractivity contribution in [3.8, 4) is 0 Å². The number of carbonyl (C=O) groups is 2. The summed E-state index contributed by atoms with van der Waals surface area (Å²) in [7, 11) is 0. The Hall–Kier alpha value is -1.62. The molecule has 0 unspecified atom stereocenters. The molecular weight excluding hydrogens is 250 g/mol. The Labute approximate surface area is 110 Å². The second-order valence-corrected chi connectivity index (χ2v) is 5.32. The van der Waals surface area contributed by atoms with Crippen LogP contribution in [-0.2, 0) is 9.59 Å². The van der Waals surface area contributed by atoms with Gasteiger partial charge in [-0.2, -0.15) is 0 Å². The molecule has 1 aromatic heterocycles. The average molecular weight is 265 g/mol. The number of piperidine rings is 1. The van der Waals surface area contributed by atoms with Gasteiger partial charge in [-0.15, -0.1) is 11.3 Å². The van der Waals surface area contributed by atoms with E-state index in [0.29, 0.717) is 0 Å². The number of ketones is 1. The summed E-state index contributed by atoms with van der Waals surface area (Å²) in [4.78, 5) is 24.5. The molecule has 0 aromatic carbocycles. The monoisotopic (exact) mass is 265 g/mol. The summed E-state index contributed by atoms with van der Waals surface area (Å²) in [5.41, 5.74) is 0. The SMILES string of the molecule is O=C(O)C(=O)/C=C/c1ccc(N2CCCCC2)s1. The topological polar surface area (TPSA) is 57.6 Å². The van der Waals surface area contributed by atoms with Gasteiger partial charge in [0.15, 0.2) is 0 Å². The smallest absolute Gasteiger partial charge is 0.376 e. The molecule has 4 nitrogen and oxygen atoms in total. The maximum Gasteiger partial charge on any atom is 0.376 e. The summed E-state index contributed by atoms with van der Waals surface area (Å²) in [5, 5.41) is 9.66. The predicted octanol–water partition coefficient (Wildman–Crippen LogP) is 2.41. The van der Waals surface area contributed by atoms with Gasteiger partial charge in [0.25, 0.3) is 5.78 Å². The Bertz CT molecular complexity index is 472. The van der Waals surface area contributed by atoms with Crippen LogP contribution in [0.3, 0.4) is 0 Å². The van der Waals surface area contributed by atoms with Gasteiger partial charge in [-0.1, -0.05) is 0 Å². The van der Waals surface area contributed by atoms with E-state index in [-0.39, 0.29) is 0 Å². The van der Waals surface area contributed by atoms with E-state index in [9.17, 15) is 9.59 Å². The number of anilines is 1. The summed E-state index contributed by atoms with van der Waals surface area (Å²) >= 11 is 1.59. The molecule has 0 radical (unpaired) electrons. The minimum Gasteiger partial charge on any atom is -0.475 e. The van der Waals surface area contributed by atoms with Gasteiger partial charge < -0.3 is 10.0 Å². The predicted molar refractivity (Wildman–Crippen MR) is 72.1 cm³/mol. The fraction of sp³-hybridized carbons (Fsp3) is 0.385. The normalized spacial score (nSPS) is 16.1. The van der Waals surface area contributed by atoms with Crippen LogP contribution in [0.2, 0.25) is 0 Å². The van der Waals surface area contributed by atoms with E-state index >= 15 is 0 Å². The van der Waals surface area contributed by atoms with Crippen molar-refractivity contribution in [2.75, 3.05) is 18.0 Å². The van der Waals surface area contributed by atoms with Crippen LogP contribution in [0.25, 0.3) is 6.08 Å². The van der Waals surface area contributed by atoms with Gasteiger partial charge in [-0.25, -0.2) is 4.79 Å². The van der Waals surface area contributed by atoms with Crippen molar-refractivity contribution in [2.24, 2.45) is 0 Å². The molecule has 5 heteroatoms. The van der Waals surface area contributed by atoms with E-state index in [0.717, 1.165) is 24.0 Å². The highest BCUT2D eigenvalue weighted by Crippen LogP contribution is 2.29. The van der Waals surface area contributed by atoms with Crippen molar-refractivity contribution in [2.45, 2.75) is 19.3 Å². The first kappa shape index (κ1) is 12.8. The van der Waals surface area contributed by atoms with Crippen molar-refractivity contribution >= 4 is 34.2 Å². The second kappa shape index (κ2) is 5.82. The molecule has 0 spiro atoms. The molecule has 0 bridgehead atoms. The molecular formula is C13H15NO3S. The minimum absolute atomic E-state index is 0.886. The third-order valence-electron chi connectivity index (χ3n) is 2.89. The maximum absolute atomic E-state index is 10.9. The van der Waals surface area contributed by atoms with Crippen molar-refractivity contribution in [1.82, 2.24) is 0 Å². The molecule has 1 aromatic rings. The lowest BCUT2D eigenvalue weighted by atomic mass is 10.1. The summed E-state index contributed by atoms with van der Waals surface area (Å²) < 4.78 is 0. The van der Waals surface area contributed by atoms with Crippen LogP contribution in [-0.4, -0.2) is 29.9 Å². The van der Waals surface area contributed by atoms with Crippen LogP contribution < -0.4 is 4.90 Å². The van der Waals surface area contributed by atoms with Crippen molar-refractivity contribution < 1.29 is 14.7 Å². The van der Waals surface area contributed by atoms with E-state index in [1.807, 2.05) is 12.1 Å². The maximum atomic E-state index is 10.9. The Kier molecular flexibility index (Phi) is 4.15. The number of carboxylic acids is 1. The highest BCUT2D eigenvalue weighted by Gasteiger charge is 2.12. The van der Waals surface area contributed by atoms with Gasteiger partial charge in [0.2, 0.25) is 0 Å². The third-order valence-corrected chi connectivity index (χ3v) is 4.00. The van der Waals surface area contributed by atoms with E-state index in [1.54, 1.807) is 17.4 Å². The van der Waals surface area contributed by atoms with E-state index in [1.165, 1.54) is 24.3 Å². The van der Waals surface area contributed by atoms with Crippen LogP contribution in [0.15, 0.2) is 18.2 Å². The van der Waals surface area contributed by atoms with Crippen LogP contribution in [0.5, 0.6) is 0 Å². The third kappa shape index (κ3) is 3.20. The zero-order valence-corrected chi connectivity index (χ0v) is 10.8. The standard InChI is InChI=1S/C13H15NO3S/c15-11(13(16)17)6-4-10-5-7-12(18-10)14-8-2-1-3-9-14/h4-7H,1-3,8-9H2,(H,16,17)/b6-4+. The number of carbonyl (C=O) groups excluding carboxylic acids is 1. The zero-order chi connectivity index (χ0) is 13.0. The lowest BCUT2D eigenvalue weighted by Crippen LogP contribution is -2.28. The fourth-order valence-electron chi connectivity index (χ4n) is 1.95. The van der Waals surface area contributed by atoms with Gasteiger partial charge in [0.1, 0.15) is 0 Å². The van der Waals surface area contributed by atoms with Gasteiger partial charge in [-0.05, 0) is 43.5 Å². The fourth-order valence-corrected chi connectivity index (χ4v) is 2.91. The zero-order valence-electron chi connectivity index (χ0n) is 9.96. The molecule has 0 saturated carbocycles. The van der Waals surface area contributed by atoms with Gasteiger partial charge in [0, 0.05) is 18.0 Å². The quantitative estimate of drug-likeness (QED) is 0.671. The summed E-state index contributed by atoms with van der Waals surface area (Å²) in [6, 6.07) is 3.95. The number of hydrogen-bond acceptors (Lipinski definition) is 4. The molecule has 18 heavy (non-hydrogen) atoms. The lowest BCUT2D eigenvalue weighted by molar-refractivity contribution is -0.146. The summed E-state index contributed by atoms with van der Waals surface area (Å²) in [5.74, 6) is -2.30. The molecule has 1 aliphatic heterocycles. The number of thiophene rings is 1.